The molecule has 1 saturated heterocycles. The fourth-order valence-corrected chi connectivity index (χ4v) is 13.1. The van der Waals surface area contributed by atoms with Gasteiger partial charge in [0.2, 0.25) is 0 Å². The van der Waals surface area contributed by atoms with E-state index in [1.54, 1.807) is 0 Å². The molecule has 64 heavy (non-hydrogen) atoms. The number of rotatable bonds is 26. The van der Waals surface area contributed by atoms with Gasteiger partial charge in [-0.2, -0.15) is 0 Å². The molecule has 7 heteroatoms. The summed E-state index contributed by atoms with van der Waals surface area (Å²) in [5.74, 6) is 4.58. The molecular formula is C57H94O7. The van der Waals surface area contributed by atoms with Crippen LogP contribution in [0.15, 0.2) is 60.3 Å². The molecule has 4 fully saturated rings. The summed E-state index contributed by atoms with van der Waals surface area (Å²) in [6.45, 7) is 16.7. The number of hydrogen-bond acceptors (Lipinski definition) is 7. The van der Waals surface area contributed by atoms with Crippen LogP contribution >= 0.6 is 0 Å². The monoisotopic (exact) mass is 891 g/mol. The summed E-state index contributed by atoms with van der Waals surface area (Å²) in [6.07, 6.45) is 40.0. The van der Waals surface area contributed by atoms with Gasteiger partial charge in [0, 0.05) is 6.42 Å². The third kappa shape index (κ3) is 14.3. The van der Waals surface area contributed by atoms with Gasteiger partial charge in [0.15, 0.2) is 6.29 Å². The molecule has 0 amide bonds. The van der Waals surface area contributed by atoms with Gasteiger partial charge >= 0.3 is 5.97 Å². The van der Waals surface area contributed by atoms with E-state index in [0.29, 0.717) is 35.5 Å². The number of carbonyl (C=O) groups excluding carboxylic acids is 1. The Hall–Kier alpha value is -2.03. The zero-order valence-electron chi connectivity index (χ0n) is 41.6. The zero-order chi connectivity index (χ0) is 46.1. The maximum atomic E-state index is 12.7. The van der Waals surface area contributed by atoms with E-state index in [-0.39, 0.29) is 24.1 Å². The first kappa shape index (κ1) is 52.9. The molecule has 3 saturated carbocycles. The van der Waals surface area contributed by atoms with Crippen LogP contribution in [-0.4, -0.2) is 64.7 Å². The number of carbonyl (C=O) groups is 1. The van der Waals surface area contributed by atoms with E-state index in [2.05, 4.69) is 103 Å². The van der Waals surface area contributed by atoms with Crippen molar-refractivity contribution in [1.82, 2.24) is 0 Å². The Labute approximate surface area is 391 Å². The Balaban J connectivity index is 0.987. The highest BCUT2D eigenvalue weighted by atomic mass is 16.7. The second kappa shape index (κ2) is 26.5. The molecule has 364 valence electrons. The van der Waals surface area contributed by atoms with Gasteiger partial charge in [-0.1, -0.05) is 147 Å². The molecule has 1 aliphatic heterocycles. The lowest BCUT2D eigenvalue weighted by molar-refractivity contribution is -0.313. The molecule has 14 unspecified atom stereocenters. The Morgan fingerprint density at radius 1 is 0.781 bits per heavy atom. The van der Waals surface area contributed by atoms with Gasteiger partial charge in [0.05, 0.1) is 6.10 Å². The van der Waals surface area contributed by atoms with E-state index < -0.39 is 30.7 Å². The number of hydrogen-bond donors (Lipinski definition) is 3. The summed E-state index contributed by atoms with van der Waals surface area (Å²) in [5, 5.41) is 32.6. The number of aliphatic hydroxyl groups is 3. The molecular weight excluding hydrogens is 797 g/mol. The fourth-order valence-electron chi connectivity index (χ4n) is 13.1. The smallest absolute Gasteiger partial charge is 0.305 e. The van der Waals surface area contributed by atoms with Gasteiger partial charge in [-0.3, -0.25) is 4.79 Å². The molecule has 14 atom stereocenters. The molecule has 5 aliphatic rings. The second-order valence-electron chi connectivity index (χ2n) is 21.8. The molecule has 0 aromatic carbocycles. The van der Waals surface area contributed by atoms with Crippen LogP contribution in [-0.2, 0) is 19.0 Å². The third-order valence-electron chi connectivity index (χ3n) is 17.2. The topological polar surface area (TPSA) is 105 Å². The summed E-state index contributed by atoms with van der Waals surface area (Å²) < 4.78 is 18.1. The summed E-state index contributed by atoms with van der Waals surface area (Å²) in [4.78, 5) is 12.7. The van der Waals surface area contributed by atoms with Gasteiger partial charge in [-0.05, 0) is 155 Å². The minimum atomic E-state index is -1.45. The Bertz CT molecular complexity index is 1530. The quantitative estimate of drug-likeness (QED) is 0.0451. The van der Waals surface area contributed by atoms with Crippen LogP contribution in [0.3, 0.4) is 0 Å². The lowest BCUT2D eigenvalue weighted by atomic mass is 9.47. The number of ether oxygens (including phenoxy) is 3. The Morgan fingerprint density at radius 3 is 2.14 bits per heavy atom. The molecule has 3 N–H and O–H groups in total. The molecule has 5 rings (SSSR count). The Morgan fingerprint density at radius 2 is 1.45 bits per heavy atom. The van der Waals surface area contributed by atoms with Crippen molar-refractivity contribution in [2.75, 3.05) is 6.61 Å². The normalized spacial score (nSPS) is 35.3. The molecule has 0 bridgehead atoms. The van der Waals surface area contributed by atoms with E-state index in [4.69, 9.17) is 14.2 Å². The summed E-state index contributed by atoms with van der Waals surface area (Å²) in [5.41, 5.74) is 2.04. The first-order valence-corrected chi connectivity index (χ1v) is 26.7. The number of unbranched alkanes of at least 4 members (excludes halogenated alkanes) is 9. The second-order valence-corrected chi connectivity index (χ2v) is 21.8. The Kier molecular flexibility index (Phi) is 21.9. The number of aliphatic hydroxyl groups excluding tert-OH is 3. The van der Waals surface area contributed by atoms with Gasteiger partial charge in [0.25, 0.3) is 0 Å². The van der Waals surface area contributed by atoms with Gasteiger partial charge in [-0.15, -0.1) is 0 Å². The SMILES string of the molecule is CCCCC/C=C\C/C=C\C/C=C\CCCCCCCCC(=O)OCC1OC(OC2CCC3(C)C(=CCC4C3CCC3(C)C(C(C)/C=C/C(CC)C(C)C)CCC43)C2)C(O)C(O)C1O. The summed E-state index contributed by atoms with van der Waals surface area (Å²) in [6, 6.07) is 0. The van der Waals surface area contributed by atoms with E-state index >= 15 is 0 Å². The van der Waals surface area contributed by atoms with Crippen LogP contribution < -0.4 is 0 Å². The lowest BCUT2D eigenvalue weighted by Gasteiger charge is -2.58. The van der Waals surface area contributed by atoms with Gasteiger partial charge < -0.3 is 29.5 Å². The van der Waals surface area contributed by atoms with Crippen molar-refractivity contribution in [3.05, 3.63) is 60.3 Å². The van der Waals surface area contributed by atoms with Crippen LogP contribution in [0.5, 0.6) is 0 Å². The van der Waals surface area contributed by atoms with Crippen LogP contribution in [0.1, 0.15) is 196 Å². The maximum absolute atomic E-state index is 12.7. The summed E-state index contributed by atoms with van der Waals surface area (Å²) in [7, 11) is 0. The first-order valence-electron chi connectivity index (χ1n) is 26.7. The van der Waals surface area contributed by atoms with Crippen LogP contribution in [0, 0.1) is 52.3 Å². The molecule has 1 heterocycles. The lowest BCUT2D eigenvalue weighted by Crippen LogP contribution is -2.60. The third-order valence-corrected chi connectivity index (χ3v) is 17.2. The minimum Gasteiger partial charge on any atom is -0.463 e. The minimum absolute atomic E-state index is 0.151. The van der Waals surface area contributed by atoms with E-state index in [1.807, 2.05) is 0 Å². The maximum Gasteiger partial charge on any atom is 0.305 e. The highest BCUT2D eigenvalue weighted by Gasteiger charge is 2.59. The van der Waals surface area contributed by atoms with E-state index in [0.717, 1.165) is 88.4 Å². The predicted octanol–water partition coefficient (Wildman–Crippen LogP) is 13.3. The highest BCUT2D eigenvalue weighted by molar-refractivity contribution is 5.69. The van der Waals surface area contributed by atoms with Crippen molar-refractivity contribution in [2.45, 2.75) is 233 Å². The van der Waals surface area contributed by atoms with Crippen molar-refractivity contribution in [1.29, 1.82) is 0 Å². The molecule has 4 aliphatic carbocycles. The van der Waals surface area contributed by atoms with Crippen LogP contribution in [0.2, 0.25) is 0 Å². The van der Waals surface area contributed by atoms with Crippen molar-refractivity contribution in [2.24, 2.45) is 52.3 Å². The van der Waals surface area contributed by atoms with E-state index in [9.17, 15) is 20.1 Å². The van der Waals surface area contributed by atoms with Crippen molar-refractivity contribution < 1.29 is 34.3 Å². The standard InChI is InChI=1S/C57H94O7/c1-8-10-11-12-13-14-15-16-17-18-19-20-21-22-23-24-25-26-27-28-51(58)62-40-50-52(59)53(60)54(61)55(64-50)63-45-35-37-56(6)44(39-45)31-32-46-48-34-33-47(57(48,7)38-36-49(46)56)42(5)29-30-43(9-2)41(3)4/h13-14,16-17,19-20,29-31,41-43,45-50,52-55,59-61H,8-12,15,18,21-28,32-40H2,1-7H3/b14-13-,17-16-,20-19-,30-29+. The zero-order valence-corrected chi connectivity index (χ0v) is 41.6. The largest absolute Gasteiger partial charge is 0.463 e. The van der Waals surface area contributed by atoms with Crippen molar-refractivity contribution in [3.63, 3.8) is 0 Å². The number of fused-ring (bicyclic) bond motifs is 5. The highest BCUT2D eigenvalue weighted by Crippen LogP contribution is 2.67. The average Bonchev–Trinajstić information content (AvgIpc) is 3.64. The molecule has 0 radical (unpaired) electrons. The molecule has 0 aromatic heterocycles. The van der Waals surface area contributed by atoms with Gasteiger partial charge in [0.1, 0.15) is 31.0 Å². The summed E-state index contributed by atoms with van der Waals surface area (Å²) >= 11 is 0. The molecule has 7 nitrogen and oxygen atoms in total. The number of esters is 1. The van der Waals surface area contributed by atoms with Crippen LogP contribution in [0.25, 0.3) is 0 Å². The van der Waals surface area contributed by atoms with Crippen LogP contribution in [0.4, 0.5) is 0 Å². The molecule has 0 aromatic rings. The van der Waals surface area contributed by atoms with Gasteiger partial charge in [-0.25, -0.2) is 0 Å². The van der Waals surface area contributed by atoms with E-state index in [1.165, 1.54) is 76.2 Å². The number of allylic oxidation sites excluding steroid dienone is 9. The van der Waals surface area contributed by atoms with Crippen molar-refractivity contribution in [3.8, 4) is 0 Å². The first-order chi connectivity index (χ1) is 30.8. The molecule has 0 spiro atoms. The average molecular weight is 891 g/mol. The predicted molar refractivity (Wildman–Crippen MR) is 262 cm³/mol. The fraction of sp³-hybridized carbons (Fsp3) is 0.807. The van der Waals surface area contributed by atoms with Crippen molar-refractivity contribution >= 4 is 5.97 Å².